The molecular weight excluding hydrogens is 408 g/mol. The normalized spacial score (nSPS) is 11.4. The standard InChI is InChI=1S/C25H24N2O3S/c1-18-6-2-3-8-20(18)17-30-25-15-10-19-7-4-5-9-23(19)24(25)16-27-21-11-13-22(14-12-21)31(26,28)29/h2-15,27H,16-17H2,1H3,(H2,26,28,29). The van der Waals surface area contributed by atoms with Gasteiger partial charge in [-0.3, -0.25) is 0 Å². The first-order valence-electron chi connectivity index (χ1n) is 9.96. The first-order chi connectivity index (χ1) is 14.9. The zero-order valence-corrected chi connectivity index (χ0v) is 18.0. The molecule has 4 aromatic carbocycles. The molecule has 0 fully saturated rings. The molecule has 31 heavy (non-hydrogen) atoms. The number of ether oxygens (including phenoxy) is 1. The van der Waals surface area contributed by atoms with Crippen LogP contribution in [0.5, 0.6) is 5.75 Å². The highest BCUT2D eigenvalue weighted by molar-refractivity contribution is 7.89. The van der Waals surface area contributed by atoms with Gasteiger partial charge in [0, 0.05) is 17.8 Å². The molecule has 0 unspecified atom stereocenters. The maximum atomic E-state index is 11.5. The van der Waals surface area contributed by atoms with Crippen LogP contribution in [0.1, 0.15) is 16.7 Å². The molecule has 0 atom stereocenters. The van der Waals surface area contributed by atoms with Crippen LogP contribution in [-0.2, 0) is 23.2 Å². The molecular formula is C25H24N2O3S. The van der Waals surface area contributed by atoms with Crippen LogP contribution in [0, 0.1) is 6.92 Å². The van der Waals surface area contributed by atoms with E-state index in [-0.39, 0.29) is 4.90 Å². The number of aryl methyl sites for hydroxylation is 1. The van der Waals surface area contributed by atoms with Gasteiger partial charge in [0.2, 0.25) is 10.0 Å². The number of sulfonamides is 1. The number of fused-ring (bicyclic) bond motifs is 1. The number of hydrogen-bond donors (Lipinski definition) is 2. The average molecular weight is 433 g/mol. The van der Waals surface area contributed by atoms with Crippen LogP contribution in [0.4, 0.5) is 5.69 Å². The molecule has 0 aliphatic carbocycles. The highest BCUT2D eigenvalue weighted by Gasteiger charge is 2.11. The quantitative estimate of drug-likeness (QED) is 0.431. The fraction of sp³-hybridized carbons (Fsp3) is 0.120. The predicted octanol–water partition coefficient (Wildman–Crippen LogP) is 4.99. The van der Waals surface area contributed by atoms with Crippen molar-refractivity contribution in [2.75, 3.05) is 5.32 Å². The summed E-state index contributed by atoms with van der Waals surface area (Å²) in [6.07, 6.45) is 0. The molecule has 0 spiro atoms. The van der Waals surface area contributed by atoms with Crippen molar-refractivity contribution in [2.24, 2.45) is 5.14 Å². The Balaban J connectivity index is 1.60. The zero-order valence-electron chi connectivity index (χ0n) is 17.2. The van der Waals surface area contributed by atoms with Gasteiger partial charge in [0.25, 0.3) is 0 Å². The van der Waals surface area contributed by atoms with Crippen molar-refractivity contribution in [1.82, 2.24) is 0 Å². The van der Waals surface area contributed by atoms with Gasteiger partial charge < -0.3 is 10.1 Å². The van der Waals surface area contributed by atoms with E-state index in [0.717, 1.165) is 33.3 Å². The van der Waals surface area contributed by atoms with E-state index < -0.39 is 10.0 Å². The second kappa shape index (κ2) is 8.79. The van der Waals surface area contributed by atoms with Gasteiger partial charge in [0.15, 0.2) is 0 Å². The monoisotopic (exact) mass is 432 g/mol. The van der Waals surface area contributed by atoms with Gasteiger partial charge in [-0.1, -0.05) is 54.6 Å². The van der Waals surface area contributed by atoms with E-state index in [2.05, 4.69) is 42.6 Å². The third kappa shape index (κ3) is 4.87. The van der Waals surface area contributed by atoms with Crippen molar-refractivity contribution in [1.29, 1.82) is 0 Å². The number of anilines is 1. The van der Waals surface area contributed by atoms with E-state index in [4.69, 9.17) is 9.88 Å². The molecule has 0 saturated heterocycles. The average Bonchev–Trinajstić information content (AvgIpc) is 2.77. The molecule has 6 heteroatoms. The summed E-state index contributed by atoms with van der Waals surface area (Å²) in [4.78, 5) is 0.0884. The molecule has 4 rings (SSSR count). The summed E-state index contributed by atoms with van der Waals surface area (Å²) in [7, 11) is -3.71. The van der Waals surface area contributed by atoms with E-state index in [1.807, 2.05) is 30.3 Å². The number of hydrogen-bond acceptors (Lipinski definition) is 4. The molecule has 4 aromatic rings. The van der Waals surface area contributed by atoms with E-state index in [9.17, 15) is 8.42 Å². The Morgan fingerprint density at radius 1 is 0.871 bits per heavy atom. The van der Waals surface area contributed by atoms with Crippen molar-refractivity contribution in [2.45, 2.75) is 25.0 Å². The van der Waals surface area contributed by atoms with Crippen molar-refractivity contribution < 1.29 is 13.2 Å². The van der Waals surface area contributed by atoms with Crippen molar-refractivity contribution >= 4 is 26.5 Å². The molecule has 0 radical (unpaired) electrons. The Kier molecular flexibility index (Phi) is 5.93. The molecule has 0 aliphatic rings. The van der Waals surface area contributed by atoms with Crippen molar-refractivity contribution in [3.8, 4) is 5.75 Å². The summed E-state index contributed by atoms with van der Waals surface area (Å²) in [6.45, 7) is 3.09. The number of primary sulfonamides is 1. The summed E-state index contributed by atoms with van der Waals surface area (Å²) in [5.74, 6) is 0.815. The van der Waals surface area contributed by atoms with Crippen LogP contribution in [0.3, 0.4) is 0 Å². The lowest BCUT2D eigenvalue weighted by atomic mass is 10.0. The largest absolute Gasteiger partial charge is 0.489 e. The minimum absolute atomic E-state index is 0.0884. The van der Waals surface area contributed by atoms with Crippen LogP contribution >= 0.6 is 0 Å². The maximum Gasteiger partial charge on any atom is 0.238 e. The highest BCUT2D eigenvalue weighted by Crippen LogP contribution is 2.30. The number of rotatable bonds is 7. The lowest BCUT2D eigenvalue weighted by Gasteiger charge is -2.16. The fourth-order valence-corrected chi connectivity index (χ4v) is 4.03. The SMILES string of the molecule is Cc1ccccc1COc1ccc2ccccc2c1CNc1ccc(S(N)(=O)=O)cc1. The van der Waals surface area contributed by atoms with Crippen LogP contribution < -0.4 is 15.2 Å². The Morgan fingerprint density at radius 3 is 2.32 bits per heavy atom. The smallest absolute Gasteiger partial charge is 0.238 e. The van der Waals surface area contributed by atoms with Gasteiger partial charge >= 0.3 is 0 Å². The Hall–Kier alpha value is -3.35. The summed E-state index contributed by atoms with van der Waals surface area (Å²) < 4.78 is 29.2. The molecule has 0 bridgehead atoms. The lowest BCUT2D eigenvalue weighted by Crippen LogP contribution is -2.12. The third-order valence-electron chi connectivity index (χ3n) is 5.29. The van der Waals surface area contributed by atoms with E-state index >= 15 is 0 Å². The van der Waals surface area contributed by atoms with Gasteiger partial charge in [-0.25, -0.2) is 13.6 Å². The number of benzene rings is 4. The summed E-state index contributed by atoms with van der Waals surface area (Å²) in [5.41, 5.74) is 4.18. The molecule has 158 valence electrons. The van der Waals surface area contributed by atoms with E-state index in [0.29, 0.717) is 13.2 Å². The van der Waals surface area contributed by atoms with Gasteiger partial charge in [0.1, 0.15) is 12.4 Å². The molecule has 0 heterocycles. The first-order valence-corrected chi connectivity index (χ1v) is 11.5. The molecule has 5 nitrogen and oxygen atoms in total. The summed E-state index contributed by atoms with van der Waals surface area (Å²) in [5, 5.41) is 10.8. The third-order valence-corrected chi connectivity index (χ3v) is 6.22. The second-order valence-corrected chi connectivity index (χ2v) is 8.96. The zero-order chi connectivity index (χ0) is 21.8. The first kappa shape index (κ1) is 20.9. The Bertz CT molecular complexity index is 1320. The Morgan fingerprint density at radius 2 is 1.58 bits per heavy atom. The van der Waals surface area contributed by atoms with Crippen LogP contribution in [-0.4, -0.2) is 8.42 Å². The lowest BCUT2D eigenvalue weighted by molar-refractivity contribution is 0.303. The minimum Gasteiger partial charge on any atom is -0.489 e. The topological polar surface area (TPSA) is 81.4 Å². The summed E-state index contributed by atoms with van der Waals surface area (Å²) in [6, 6.07) is 26.8. The van der Waals surface area contributed by atoms with Crippen LogP contribution in [0.25, 0.3) is 10.8 Å². The molecule has 3 N–H and O–H groups in total. The predicted molar refractivity (Wildman–Crippen MR) is 125 cm³/mol. The van der Waals surface area contributed by atoms with E-state index in [1.54, 1.807) is 12.1 Å². The number of nitrogens with one attached hydrogen (secondary N) is 1. The van der Waals surface area contributed by atoms with Gasteiger partial charge in [-0.2, -0.15) is 0 Å². The Labute approximate surface area is 182 Å². The molecule has 0 saturated carbocycles. The molecule has 0 aromatic heterocycles. The van der Waals surface area contributed by atoms with Gasteiger partial charge in [0.05, 0.1) is 4.90 Å². The van der Waals surface area contributed by atoms with Crippen LogP contribution in [0.2, 0.25) is 0 Å². The number of nitrogens with two attached hydrogens (primary N) is 1. The fourth-order valence-electron chi connectivity index (χ4n) is 3.51. The van der Waals surface area contributed by atoms with Crippen molar-refractivity contribution in [3.05, 3.63) is 102 Å². The molecule has 0 amide bonds. The molecule has 0 aliphatic heterocycles. The van der Waals surface area contributed by atoms with Crippen LogP contribution in [0.15, 0.2) is 89.8 Å². The van der Waals surface area contributed by atoms with Gasteiger partial charge in [-0.15, -0.1) is 0 Å². The van der Waals surface area contributed by atoms with Gasteiger partial charge in [-0.05, 0) is 59.2 Å². The second-order valence-electron chi connectivity index (χ2n) is 7.40. The maximum absolute atomic E-state index is 11.5. The van der Waals surface area contributed by atoms with Crippen molar-refractivity contribution in [3.63, 3.8) is 0 Å². The highest BCUT2D eigenvalue weighted by atomic mass is 32.2. The summed E-state index contributed by atoms with van der Waals surface area (Å²) >= 11 is 0. The van der Waals surface area contributed by atoms with E-state index in [1.165, 1.54) is 17.7 Å². The minimum atomic E-state index is -3.71.